The maximum atomic E-state index is 13.7. The highest BCUT2D eigenvalue weighted by Gasteiger charge is 2.32. The standard InChI is InChI=1S/C27H38N8O6/c1-15(36)23(27(40)41)35-26(39)22(11-17-13-30-14-32-17)34-25(38)21(33-24(37)19(29)7-4-5-9-28)10-16-12-31-20-8-3-2-6-18(16)20/h2-3,6,8,12-15,19,21-23,31,36H,4-5,7,9-11,28-29H2,1H3,(H,30,32)(H,33,37)(H,34,38)(H,35,39)(H,40,41). The number of hydrogen-bond acceptors (Lipinski definition) is 8. The molecule has 0 aliphatic heterocycles. The van der Waals surface area contributed by atoms with Crippen molar-refractivity contribution in [1.29, 1.82) is 0 Å². The fraction of sp³-hybridized carbons (Fsp3) is 0.444. The SMILES string of the molecule is CC(O)C(NC(=O)C(Cc1cnc[nH]1)NC(=O)C(Cc1c[nH]c2ccccc12)NC(=O)C(N)CCCCN)C(=O)O. The first-order valence-corrected chi connectivity index (χ1v) is 13.4. The fourth-order valence-corrected chi connectivity index (χ4v) is 4.39. The van der Waals surface area contributed by atoms with Crippen molar-refractivity contribution < 1.29 is 29.4 Å². The lowest BCUT2D eigenvalue weighted by Crippen LogP contribution is -2.59. The minimum absolute atomic E-state index is 0.0594. The van der Waals surface area contributed by atoms with E-state index in [0.29, 0.717) is 31.5 Å². The van der Waals surface area contributed by atoms with Crippen LogP contribution in [0.2, 0.25) is 0 Å². The van der Waals surface area contributed by atoms with Crippen molar-refractivity contribution in [2.45, 2.75) is 69.3 Å². The van der Waals surface area contributed by atoms with Gasteiger partial charge in [0.25, 0.3) is 0 Å². The average Bonchev–Trinajstić information content (AvgIpc) is 3.60. The number of benzene rings is 1. The molecule has 0 aliphatic carbocycles. The number of fused-ring (bicyclic) bond motifs is 1. The minimum atomic E-state index is -1.60. The predicted octanol–water partition coefficient (Wildman–Crippen LogP) is -0.948. The number of nitrogens with one attached hydrogen (secondary N) is 5. The van der Waals surface area contributed by atoms with Crippen molar-refractivity contribution in [3.8, 4) is 0 Å². The maximum Gasteiger partial charge on any atom is 0.328 e. The second-order valence-corrected chi connectivity index (χ2v) is 9.92. The Morgan fingerprint density at radius 3 is 2.32 bits per heavy atom. The first-order valence-electron chi connectivity index (χ1n) is 13.4. The van der Waals surface area contributed by atoms with Gasteiger partial charge in [0.1, 0.15) is 12.1 Å². The summed E-state index contributed by atoms with van der Waals surface area (Å²) in [6.45, 7) is 1.70. The van der Waals surface area contributed by atoms with Gasteiger partial charge < -0.3 is 47.6 Å². The molecular weight excluding hydrogens is 532 g/mol. The molecule has 0 bridgehead atoms. The van der Waals surface area contributed by atoms with E-state index in [1.807, 2.05) is 24.3 Å². The number of aliphatic hydroxyl groups excluding tert-OH is 1. The van der Waals surface area contributed by atoms with E-state index in [-0.39, 0.29) is 12.8 Å². The molecule has 0 saturated carbocycles. The Morgan fingerprint density at radius 2 is 1.66 bits per heavy atom. The predicted molar refractivity (Wildman–Crippen MR) is 150 cm³/mol. The first-order chi connectivity index (χ1) is 19.6. The van der Waals surface area contributed by atoms with E-state index in [9.17, 15) is 29.4 Å². The number of aromatic nitrogens is 3. The van der Waals surface area contributed by atoms with Gasteiger partial charge in [0, 0.05) is 41.8 Å². The number of carboxylic acids is 1. The highest BCUT2D eigenvalue weighted by molar-refractivity contribution is 5.95. The van der Waals surface area contributed by atoms with Crippen molar-refractivity contribution in [1.82, 2.24) is 30.9 Å². The monoisotopic (exact) mass is 570 g/mol. The summed E-state index contributed by atoms with van der Waals surface area (Å²) in [5, 5.41) is 27.7. The number of rotatable bonds is 16. The largest absolute Gasteiger partial charge is 0.480 e. The zero-order chi connectivity index (χ0) is 29.9. The summed E-state index contributed by atoms with van der Waals surface area (Å²) < 4.78 is 0. The second kappa shape index (κ2) is 14.9. The van der Waals surface area contributed by atoms with Crippen LogP contribution >= 0.6 is 0 Å². The number of imidazole rings is 1. The zero-order valence-corrected chi connectivity index (χ0v) is 22.8. The smallest absolute Gasteiger partial charge is 0.328 e. The lowest BCUT2D eigenvalue weighted by molar-refractivity contribution is -0.145. The number of aliphatic carboxylic acids is 1. The van der Waals surface area contributed by atoms with E-state index in [0.717, 1.165) is 16.5 Å². The van der Waals surface area contributed by atoms with Crippen LogP contribution < -0.4 is 27.4 Å². The molecule has 3 amide bonds. The van der Waals surface area contributed by atoms with Crippen LogP contribution in [0.15, 0.2) is 43.0 Å². The van der Waals surface area contributed by atoms with Gasteiger partial charge in [-0.25, -0.2) is 9.78 Å². The zero-order valence-electron chi connectivity index (χ0n) is 22.8. The van der Waals surface area contributed by atoms with Gasteiger partial charge in [-0.15, -0.1) is 0 Å². The molecule has 0 saturated heterocycles. The summed E-state index contributed by atoms with van der Waals surface area (Å²) in [7, 11) is 0. The molecule has 2 aromatic heterocycles. The molecule has 1 aromatic carbocycles. The number of aromatic amines is 2. The van der Waals surface area contributed by atoms with Crippen LogP contribution in [-0.4, -0.2) is 85.7 Å². The number of carbonyl (C=O) groups is 4. The summed E-state index contributed by atoms with van der Waals surface area (Å²) in [5.41, 5.74) is 13.7. The molecule has 11 N–H and O–H groups in total. The van der Waals surface area contributed by atoms with Gasteiger partial charge in [0.15, 0.2) is 6.04 Å². The van der Waals surface area contributed by atoms with Crippen LogP contribution in [-0.2, 0) is 32.0 Å². The van der Waals surface area contributed by atoms with E-state index in [1.165, 1.54) is 19.4 Å². The van der Waals surface area contributed by atoms with E-state index >= 15 is 0 Å². The number of unbranched alkanes of at least 4 members (excludes halogenated alkanes) is 1. The number of amides is 3. The molecular formula is C27H38N8O6. The van der Waals surface area contributed by atoms with E-state index in [4.69, 9.17) is 11.5 Å². The molecule has 222 valence electrons. The van der Waals surface area contributed by atoms with Gasteiger partial charge in [0.2, 0.25) is 17.7 Å². The highest BCUT2D eigenvalue weighted by atomic mass is 16.4. The third-order valence-corrected chi connectivity index (χ3v) is 6.70. The van der Waals surface area contributed by atoms with Crippen LogP contribution in [0.25, 0.3) is 10.9 Å². The summed E-state index contributed by atoms with van der Waals surface area (Å²) in [4.78, 5) is 61.3. The second-order valence-electron chi connectivity index (χ2n) is 9.92. The quantitative estimate of drug-likeness (QED) is 0.0963. The van der Waals surface area contributed by atoms with Crippen molar-refractivity contribution >= 4 is 34.6 Å². The van der Waals surface area contributed by atoms with E-state index in [1.54, 1.807) is 6.20 Å². The van der Waals surface area contributed by atoms with Crippen LogP contribution in [0.4, 0.5) is 0 Å². The molecule has 2 heterocycles. The number of para-hydroxylation sites is 1. The first kappa shape index (κ1) is 31.3. The van der Waals surface area contributed by atoms with Gasteiger partial charge in [0.05, 0.1) is 18.5 Å². The van der Waals surface area contributed by atoms with Crippen LogP contribution in [0.5, 0.6) is 0 Å². The number of aliphatic hydroxyl groups is 1. The number of hydrogen-bond donors (Lipinski definition) is 9. The lowest BCUT2D eigenvalue weighted by Gasteiger charge is -2.25. The van der Waals surface area contributed by atoms with Crippen LogP contribution in [0.3, 0.4) is 0 Å². The molecule has 3 rings (SSSR count). The normalized spacial score (nSPS) is 14.9. The van der Waals surface area contributed by atoms with Crippen molar-refractivity contribution in [2.24, 2.45) is 11.5 Å². The fourth-order valence-electron chi connectivity index (χ4n) is 4.39. The molecule has 0 aliphatic rings. The summed E-state index contributed by atoms with van der Waals surface area (Å²) in [6.07, 6.45) is 4.96. The Labute approximate surface area is 236 Å². The highest BCUT2D eigenvalue weighted by Crippen LogP contribution is 2.19. The molecule has 3 aromatic rings. The van der Waals surface area contributed by atoms with Crippen LogP contribution in [0.1, 0.15) is 37.4 Å². The van der Waals surface area contributed by atoms with Gasteiger partial charge in [-0.1, -0.05) is 24.6 Å². The number of carbonyl (C=O) groups excluding carboxylic acids is 3. The molecule has 0 radical (unpaired) electrons. The van der Waals surface area contributed by atoms with Crippen LogP contribution in [0, 0.1) is 0 Å². The average molecular weight is 571 g/mol. The third kappa shape index (κ3) is 8.86. The molecule has 14 heteroatoms. The van der Waals surface area contributed by atoms with Crippen molar-refractivity contribution in [2.75, 3.05) is 6.54 Å². The summed E-state index contributed by atoms with van der Waals surface area (Å²) in [6, 6.07) is 2.63. The van der Waals surface area contributed by atoms with Gasteiger partial charge in [-0.3, -0.25) is 14.4 Å². The van der Waals surface area contributed by atoms with Gasteiger partial charge >= 0.3 is 5.97 Å². The Balaban J connectivity index is 1.85. The maximum absolute atomic E-state index is 13.7. The van der Waals surface area contributed by atoms with E-state index < -0.39 is 54.0 Å². The summed E-state index contributed by atoms with van der Waals surface area (Å²) in [5.74, 6) is -3.48. The van der Waals surface area contributed by atoms with Gasteiger partial charge in [-0.05, 0) is 37.9 Å². The summed E-state index contributed by atoms with van der Waals surface area (Å²) >= 11 is 0. The number of nitrogens with zero attached hydrogens (tertiary/aromatic N) is 1. The Bertz CT molecular complexity index is 1310. The number of nitrogens with two attached hydrogens (primary N) is 2. The van der Waals surface area contributed by atoms with Crippen molar-refractivity contribution in [3.63, 3.8) is 0 Å². The number of carboxylic acid groups (broad SMARTS) is 1. The molecule has 0 fully saturated rings. The Morgan fingerprint density at radius 1 is 0.976 bits per heavy atom. The molecule has 5 unspecified atom stereocenters. The molecule has 41 heavy (non-hydrogen) atoms. The molecule has 0 spiro atoms. The Hall–Kier alpha value is -4.27. The Kier molecular flexibility index (Phi) is 11.4. The number of H-pyrrole nitrogens is 2. The topological polar surface area (TPSA) is 241 Å². The minimum Gasteiger partial charge on any atom is -0.480 e. The third-order valence-electron chi connectivity index (χ3n) is 6.70. The molecule has 14 nitrogen and oxygen atoms in total. The van der Waals surface area contributed by atoms with Crippen molar-refractivity contribution in [3.05, 3.63) is 54.2 Å². The van der Waals surface area contributed by atoms with Gasteiger partial charge in [-0.2, -0.15) is 0 Å². The van der Waals surface area contributed by atoms with E-state index in [2.05, 4.69) is 30.9 Å². The molecule has 5 atom stereocenters. The lowest BCUT2D eigenvalue weighted by atomic mass is 10.0.